The number of hydrogen-bond acceptors (Lipinski definition) is 4. The highest BCUT2D eigenvalue weighted by Gasteiger charge is 2.36. The molecule has 2 amide bonds. The molecule has 0 aromatic rings. The maximum Gasteiger partial charge on any atom is 0.242 e. The van der Waals surface area contributed by atoms with E-state index in [1.165, 1.54) is 0 Å². The first-order chi connectivity index (χ1) is 9.98. The van der Waals surface area contributed by atoms with Crippen molar-refractivity contribution in [2.45, 2.75) is 51.5 Å². The molecule has 0 atom stereocenters. The molecule has 0 unspecified atom stereocenters. The van der Waals surface area contributed by atoms with Crippen LogP contribution in [0.2, 0.25) is 0 Å². The number of likely N-dealkylation sites (tertiary alicyclic amines) is 1. The van der Waals surface area contributed by atoms with E-state index in [-0.39, 0.29) is 24.3 Å². The summed E-state index contributed by atoms with van der Waals surface area (Å²) in [6.07, 6.45) is 3.19. The molecule has 6 heteroatoms. The molecular formula is C15H29N3O3. The van der Waals surface area contributed by atoms with Crippen LogP contribution in [0.15, 0.2) is 0 Å². The molecule has 1 fully saturated rings. The Bertz CT molecular complexity index is 348. The Morgan fingerprint density at radius 3 is 2.33 bits per heavy atom. The first-order valence-corrected chi connectivity index (χ1v) is 7.95. The van der Waals surface area contributed by atoms with Crippen molar-refractivity contribution in [3.63, 3.8) is 0 Å². The molecule has 0 saturated carbocycles. The van der Waals surface area contributed by atoms with Gasteiger partial charge in [0.1, 0.15) is 0 Å². The lowest BCUT2D eigenvalue weighted by molar-refractivity contribution is -0.140. The van der Waals surface area contributed by atoms with E-state index in [0.29, 0.717) is 51.7 Å². The van der Waals surface area contributed by atoms with Crippen molar-refractivity contribution < 1.29 is 14.7 Å². The van der Waals surface area contributed by atoms with Crippen molar-refractivity contribution in [1.82, 2.24) is 10.2 Å². The summed E-state index contributed by atoms with van der Waals surface area (Å²) in [5.41, 5.74) is 5.38. The number of carbonyl (C=O) groups excluding carboxylic acids is 2. The molecule has 1 saturated heterocycles. The molecule has 0 spiro atoms. The fourth-order valence-corrected chi connectivity index (χ4v) is 2.65. The predicted octanol–water partition coefficient (Wildman–Crippen LogP) is 0.241. The Balaban J connectivity index is 2.45. The van der Waals surface area contributed by atoms with Gasteiger partial charge in [-0.2, -0.15) is 0 Å². The fourth-order valence-electron chi connectivity index (χ4n) is 2.65. The summed E-state index contributed by atoms with van der Waals surface area (Å²) in [5, 5.41) is 11.5. The minimum Gasteiger partial charge on any atom is -0.396 e. The number of piperidine rings is 1. The van der Waals surface area contributed by atoms with Gasteiger partial charge >= 0.3 is 0 Å². The van der Waals surface area contributed by atoms with Gasteiger partial charge in [0.2, 0.25) is 11.8 Å². The second-order valence-corrected chi connectivity index (χ2v) is 5.80. The minimum absolute atomic E-state index is 0.00615. The van der Waals surface area contributed by atoms with Crippen LogP contribution >= 0.6 is 0 Å². The molecule has 0 aromatic heterocycles. The predicted molar refractivity (Wildman–Crippen MR) is 81.5 cm³/mol. The molecule has 1 heterocycles. The highest BCUT2D eigenvalue weighted by atomic mass is 16.3. The number of nitrogens with two attached hydrogens (primary N) is 1. The summed E-state index contributed by atoms with van der Waals surface area (Å²) in [4.78, 5) is 26.2. The third kappa shape index (κ3) is 4.68. The zero-order valence-corrected chi connectivity index (χ0v) is 13.2. The third-order valence-corrected chi connectivity index (χ3v) is 4.47. The average molecular weight is 299 g/mol. The number of hydrogen-bond donors (Lipinski definition) is 3. The highest BCUT2D eigenvalue weighted by molar-refractivity contribution is 5.86. The van der Waals surface area contributed by atoms with Crippen LogP contribution < -0.4 is 11.1 Å². The average Bonchev–Trinajstić information content (AvgIpc) is 2.53. The monoisotopic (exact) mass is 299 g/mol. The van der Waals surface area contributed by atoms with Crippen molar-refractivity contribution >= 4 is 11.8 Å². The van der Waals surface area contributed by atoms with Gasteiger partial charge in [-0.1, -0.05) is 13.8 Å². The number of amides is 2. The quantitative estimate of drug-likeness (QED) is 0.587. The normalized spacial score (nSPS) is 16.9. The van der Waals surface area contributed by atoms with Gasteiger partial charge in [-0.25, -0.2) is 0 Å². The lowest BCUT2D eigenvalue weighted by atomic mass is 9.89. The zero-order chi connectivity index (χ0) is 15.9. The summed E-state index contributed by atoms with van der Waals surface area (Å²) in [6, 6.07) is 0. The summed E-state index contributed by atoms with van der Waals surface area (Å²) < 4.78 is 0. The van der Waals surface area contributed by atoms with Crippen molar-refractivity contribution in [1.29, 1.82) is 0 Å². The van der Waals surface area contributed by atoms with E-state index in [1.54, 1.807) is 4.90 Å². The van der Waals surface area contributed by atoms with Gasteiger partial charge in [-0.05, 0) is 32.1 Å². The highest BCUT2D eigenvalue weighted by Crippen LogP contribution is 2.22. The molecule has 122 valence electrons. The lowest BCUT2D eigenvalue weighted by Gasteiger charge is -2.37. The Morgan fingerprint density at radius 1 is 1.29 bits per heavy atom. The standard InChI is InChI=1S/C15H29N3O3/c1-3-15(16,4-2)14(21)18-9-6-12(7-10-18)13(20)17-8-5-11-19/h12,19H,3-11,16H2,1-2H3,(H,17,20). The molecule has 0 aromatic carbocycles. The van der Waals surface area contributed by atoms with Crippen LogP contribution in [0.4, 0.5) is 0 Å². The largest absolute Gasteiger partial charge is 0.396 e. The fraction of sp³-hybridized carbons (Fsp3) is 0.867. The summed E-state index contributed by atoms with van der Waals surface area (Å²) >= 11 is 0. The number of aliphatic hydroxyl groups excluding tert-OH is 1. The van der Waals surface area contributed by atoms with Gasteiger partial charge in [-0.15, -0.1) is 0 Å². The first-order valence-electron chi connectivity index (χ1n) is 7.95. The van der Waals surface area contributed by atoms with Gasteiger partial charge < -0.3 is 21.1 Å². The molecule has 0 bridgehead atoms. The molecular weight excluding hydrogens is 270 g/mol. The van der Waals surface area contributed by atoms with E-state index >= 15 is 0 Å². The van der Waals surface area contributed by atoms with Crippen molar-refractivity contribution in [2.75, 3.05) is 26.2 Å². The van der Waals surface area contributed by atoms with Crippen LogP contribution in [0.5, 0.6) is 0 Å². The van der Waals surface area contributed by atoms with Crippen LogP contribution in [0, 0.1) is 5.92 Å². The summed E-state index contributed by atoms with van der Waals surface area (Å²) in [7, 11) is 0. The summed E-state index contributed by atoms with van der Waals surface area (Å²) in [6.45, 7) is 5.64. The minimum atomic E-state index is -0.768. The Morgan fingerprint density at radius 2 is 1.86 bits per heavy atom. The Labute approximate surface area is 127 Å². The molecule has 0 aliphatic carbocycles. The SMILES string of the molecule is CCC(N)(CC)C(=O)N1CCC(C(=O)NCCCO)CC1. The Hall–Kier alpha value is -1.14. The van der Waals surface area contributed by atoms with E-state index in [9.17, 15) is 9.59 Å². The summed E-state index contributed by atoms with van der Waals surface area (Å²) in [5.74, 6) is -0.00430. The number of carbonyl (C=O) groups is 2. The maximum absolute atomic E-state index is 12.4. The van der Waals surface area contributed by atoms with E-state index in [1.807, 2.05) is 13.8 Å². The van der Waals surface area contributed by atoms with Crippen LogP contribution in [0.1, 0.15) is 46.0 Å². The Kier molecular flexibility index (Phi) is 7.11. The van der Waals surface area contributed by atoms with Crippen LogP contribution in [0.3, 0.4) is 0 Å². The van der Waals surface area contributed by atoms with Crippen LogP contribution in [0.25, 0.3) is 0 Å². The smallest absolute Gasteiger partial charge is 0.242 e. The molecule has 1 aliphatic rings. The number of nitrogens with zero attached hydrogens (tertiary/aromatic N) is 1. The van der Waals surface area contributed by atoms with E-state index in [4.69, 9.17) is 10.8 Å². The van der Waals surface area contributed by atoms with E-state index in [0.717, 1.165) is 0 Å². The molecule has 4 N–H and O–H groups in total. The van der Waals surface area contributed by atoms with Crippen LogP contribution in [-0.2, 0) is 9.59 Å². The van der Waals surface area contributed by atoms with Gasteiger partial charge in [-0.3, -0.25) is 9.59 Å². The van der Waals surface area contributed by atoms with Gasteiger partial charge in [0.15, 0.2) is 0 Å². The number of nitrogens with one attached hydrogen (secondary N) is 1. The number of aliphatic hydroxyl groups is 1. The molecule has 1 aliphatic heterocycles. The third-order valence-electron chi connectivity index (χ3n) is 4.47. The first kappa shape index (κ1) is 17.9. The zero-order valence-electron chi connectivity index (χ0n) is 13.2. The lowest BCUT2D eigenvalue weighted by Crippen LogP contribution is -2.56. The molecule has 1 rings (SSSR count). The second-order valence-electron chi connectivity index (χ2n) is 5.80. The topological polar surface area (TPSA) is 95.7 Å². The maximum atomic E-state index is 12.4. The molecule has 21 heavy (non-hydrogen) atoms. The van der Waals surface area contributed by atoms with Gasteiger partial charge in [0, 0.05) is 32.2 Å². The van der Waals surface area contributed by atoms with Crippen LogP contribution in [-0.4, -0.2) is 53.6 Å². The van der Waals surface area contributed by atoms with E-state index < -0.39 is 5.54 Å². The van der Waals surface area contributed by atoms with Gasteiger partial charge in [0.25, 0.3) is 0 Å². The molecule has 6 nitrogen and oxygen atoms in total. The van der Waals surface area contributed by atoms with Gasteiger partial charge in [0.05, 0.1) is 5.54 Å². The van der Waals surface area contributed by atoms with Crippen molar-refractivity contribution in [3.8, 4) is 0 Å². The number of rotatable bonds is 7. The second kappa shape index (κ2) is 8.34. The molecule has 0 radical (unpaired) electrons. The van der Waals surface area contributed by atoms with Crippen molar-refractivity contribution in [3.05, 3.63) is 0 Å². The van der Waals surface area contributed by atoms with Crippen molar-refractivity contribution in [2.24, 2.45) is 11.7 Å². The van der Waals surface area contributed by atoms with E-state index in [2.05, 4.69) is 5.32 Å².